The van der Waals surface area contributed by atoms with Gasteiger partial charge in [0.1, 0.15) is 5.75 Å². The summed E-state index contributed by atoms with van der Waals surface area (Å²) < 4.78 is 36.0. The number of hydrogen-bond acceptors (Lipinski definition) is 4. The molecule has 0 amide bonds. The number of benzene rings is 1. The van der Waals surface area contributed by atoms with Crippen LogP contribution in [0.1, 0.15) is 30.7 Å². The van der Waals surface area contributed by atoms with Crippen molar-refractivity contribution in [2.45, 2.75) is 26.9 Å². The lowest BCUT2D eigenvalue weighted by molar-refractivity contribution is -0.138. The van der Waals surface area contributed by atoms with Crippen LogP contribution in [-0.4, -0.2) is 22.3 Å². The molecule has 0 aliphatic carbocycles. The molecule has 4 nitrogen and oxygen atoms in total. The second-order valence-electron chi connectivity index (χ2n) is 5.27. The number of aromatic nitrogens is 1. The Hall–Kier alpha value is -2.83. The van der Waals surface area contributed by atoms with E-state index in [1.165, 1.54) is 19.2 Å². The predicted octanol–water partition coefficient (Wildman–Crippen LogP) is 4.77. The van der Waals surface area contributed by atoms with E-state index < -0.39 is 11.7 Å². The van der Waals surface area contributed by atoms with Gasteiger partial charge < -0.3 is 10.8 Å². The molecule has 3 N–H and O–H groups in total. The minimum Gasteiger partial charge on any atom is -0.507 e. The van der Waals surface area contributed by atoms with E-state index in [-0.39, 0.29) is 11.4 Å². The molecule has 0 spiro atoms. The molecule has 2 aromatic rings. The van der Waals surface area contributed by atoms with Crippen LogP contribution >= 0.6 is 0 Å². The number of alkyl halides is 3. The number of aliphatic imine (C=N–C) groups is 1. The zero-order valence-corrected chi connectivity index (χ0v) is 14.9. The zero-order valence-electron chi connectivity index (χ0n) is 14.9. The van der Waals surface area contributed by atoms with Crippen molar-refractivity contribution in [2.24, 2.45) is 4.99 Å². The second kappa shape index (κ2) is 9.60. The Balaban J connectivity index is 0.000000273. The molecule has 140 valence electrons. The van der Waals surface area contributed by atoms with Crippen LogP contribution in [0.25, 0.3) is 0 Å². The monoisotopic (exact) mass is 365 g/mol. The van der Waals surface area contributed by atoms with Crippen LogP contribution in [0, 0.1) is 6.92 Å². The number of phenols is 1. The Bertz CT molecular complexity index is 784. The summed E-state index contributed by atoms with van der Waals surface area (Å²) in [6.07, 6.45) is 0.804. The molecule has 0 saturated heterocycles. The second-order valence-corrected chi connectivity index (χ2v) is 5.27. The highest BCUT2D eigenvalue weighted by atomic mass is 19.4. The average Bonchev–Trinajstić information content (AvgIpc) is 2.57. The van der Waals surface area contributed by atoms with Crippen molar-refractivity contribution in [1.82, 2.24) is 4.98 Å². The Labute approximate surface area is 150 Å². The quantitative estimate of drug-likeness (QED) is 0.468. The minimum atomic E-state index is -4.28. The first-order valence-electron chi connectivity index (χ1n) is 7.95. The van der Waals surface area contributed by atoms with Crippen LogP contribution in [0.5, 0.6) is 5.75 Å². The van der Waals surface area contributed by atoms with Crippen LogP contribution in [0.2, 0.25) is 0 Å². The van der Waals surface area contributed by atoms with Gasteiger partial charge in [0.05, 0.1) is 11.3 Å². The molecule has 1 aromatic carbocycles. The summed E-state index contributed by atoms with van der Waals surface area (Å²) in [6.45, 7) is 5.87. The third kappa shape index (κ3) is 6.23. The number of nitrogens with two attached hydrogens (primary N) is 1. The first kappa shape index (κ1) is 21.2. The van der Waals surface area contributed by atoms with Crippen LogP contribution in [-0.2, 0) is 6.18 Å². The van der Waals surface area contributed by atoms with Crippen molar-refractivity contribution >= 4 is 11.4 Å². The Morgan fingerprint density at radius 3 is 2.50 bits per heavy atom. The maximum absolute atomic E-state index is 12.0. The van der Waals surface area contributed by atoms with Crippen molar-refractivity contribution in [1.29, 1.82) is 0 Å². The van der Waals surface area contributed by atoms with Gasteiger partial charge >= 0.3 is 6.18 Å². The fourth-order valence-corrected chi connectivity index (χ4v) is 2.10. The number of aromatic hydroxyl groups is 1. The zero-order chi connectivity index (χ0) is 19.7. The van der Waals surface area contributed by atoms with Crippen LogP contribution in [0.15, 0.2) is 53.7 Å². The molecule has 0 aliphatic heterocycles. The van der Waals surface area contributed by atoms with E-state index in [0.717, 1.165) is 11.8 Å². The lowest BCUT2D eigenvalue weighted by Crippen LogP contribution is -2.07. The van der Waals surface area contributed by atoms with E-state index in [1.54, 1.807) is 18.2 Å². The van der Waals surface area contributed by atoms with Crippen molar-refractivity contribution in [2.75, 3.05) is 12.3 Å². The summed E-state index contributed by atoms with van der Waals surface area (Å²) in [5.74, 6) is 0.203. The highest BCUT2D eigenvalue weighted by Crippen LogP contribution is 2.30. The van der Waals surface area contributed by atoms with Gasteiger partial charge in [-0.05, 0) is 57.2 Å². The summed E-state index contributed by atoms with van der Waals surface area (Å²) in [7, 11) is 0. The number of nitrogens with zero attached hydrogens (tertiary/aromatic N) is 2. The molecule has 0 saturated carbocycles. The van der Waals surface area contributed by atoms with Crippen LogP contribution < -0.4 is 5.73 Å². The van der Waals surface area contributed by atoms with Crippen molar-refractivity contribution < 1.29 is 18.3 Å². The normalized spacial score (nSPS) is 12.0. The summed E-state index contributed by atoms with van der Waals surface area (Å²) in [5, 5.41) is 9.69. The largest absolute Gasteiger partial charge is 0.507 e. The summed E-state index contributed by atoms with van der Waals surface area (Å²) in [4.78, 5) is 7.83. The highest BCUT2D eigenvalue weighted by molar-refractivity contribution is 6.10. The molecular weight excluding hydrogens is 343 g/mol. The van der Waals surface area contributed by atoms with Crippen LogP contribution in [0.3, 0.4) is 0 Å². The number of hydrogen-bond donors (Lipinski definition) is 2. The SMILES string of the molecule is C/C=C\C(=NCC)c1cc(N)ccc1O.Cc1ncccc1C(F)(F)F. The van der Waals surface area contributed by atoms with E-state index in [9.17, 15) is 18.3 Å². The molecule has 2 rings (SSSR count). The molecule has 0 aliphatic rings. The van der Waals surface area contributed by atoms with Gasteiger partial charge in [0.2, 0.25) is 0 Å². The van der Waals surface area contributed by atoms with E-state index in [1.807, 2.05) is 26.0 Å². The maximum Gasteiger partial charge on any atom is 0.418 e. The summed E-state index contributed by atoms with van der Waals surface area (Å²) in [6, 6.07) is 7.26. The molecule has 26 heavy (non-hydrogen) atoms. The first-order valence-corrected chi connectivity index (χ1v) is 7.95. The fourth-order valence-electron chi connectivity index (χ4n) is 2.10. The summed E-state index contributed by atoms with van der Waals surface area (Å²) >= 11 is 0. The van der Waals surface area contributed by atoms with E-state index in [0.29, 0.717) is 17.8 Å². The van der Waals surface area contributed by atoms with Gasteiger partial charge in [-0.15, -0.1) is 0 Å². The van der Waals surface area contributed by atoms with Gasteiger partial charge in [-0.3, -0.25) is 9.98 Å². The van der Waals surface area contributed by atoms with Gasteiger partial charge in [-0.25, -0.2) is 0 Å². The smallest absolute Gasteiger partial charge is 0.418 e. The van der Waals surface area contributed by atoms with E-state index in [4.69, 9.17) is 5.73 Å². The number of phenolic OH excluding ortho intramolecular Hbond substituents is 1. The number of anilines is 1. The molecule has 7 heteroatoms. The van der Waals surface area contributed by atoms with Gasteiger partial charge in [-0.1, -0.05) is 6.08 Å². The number of aryl methyl sites for hydroxylation is 1. The third-order valence-corrected chi connectivity index (χ3v) is 3.26. The average molecular weight is 365 g/mol. The van der Waals surface area contributed by atoms with Gasteiger partial charge in [0.15, 0.2) is 0 Å². The number of allylic oxidation sites excluding steroid dienone is 2. The van der Waals surface area contributed by atoms with Crippen molar-refractivity contribution in [3.63, 3.8) is 0 Å². The lowest BCUT2D eigenvalue weighted by atomic mass is 10.1. The molecule has 1 aromatic heterocycles. The highest BCUT2D eigenvalue weighted by Gasteiger charge is 2.32. The first-order chi connectivity index (χ1) is 12.2. The summed E-state index contributed by atoms with van der Waals surface area (Å²) in [5.41, 5.74) is 7.07. The van der Waals surface area contributed by atoms with Gasteiger partial charge in [0.25, 0.3) is 0 Å². The number of halogens is 3. The fraction of sp³-hybridized carbons (Fsp3) is 0.263. The molecule has 0 bridgehead atoms. The Morgan fingerprint density at radius 2 is 2.00 bits per heavy atom. The molecule has 0 unspecified atom stereocenters. The maximum atomic E-state index is 12.0. The van der Waals surface area contributed by atoms with Crippen LogP contribution in [0.4, 0.5) is 18.9 Å². The predicted molar refractivity (Wildman–Crippen MR) is 98.4 cm³/mol. The third-order valence-electron chi connectivity index (χ3n) is 3.26. The Morgan fingerprint density at radius 1 is 1.31 bits per heavy atom. The van der Waals surface area contributed by atoms with E-state index >= 15 is 0 Å². The van der Waals surface area contributed by atoms with Gasteiger partial charge in [0, 0.05) is 29.7 Å². The van der Waals surface area contributed by atoms with Crippen molar-refractivity contribution in [3.05, 3.63) is 65.5 Å². The lowest BCUT2D eigenvalue weighted by Gasteiger charge is -2.07. The molecule has 0 fully saturated rings. The Kier molecular flexibility index (Phi) is 7.83. The molecule has 0 radical (unpaired) electrons. The molecular formula is C19H22F3N3O. The number of nitrogen functional groups attached to an aromatic ring is 1. The van der Waals surface area contributed by atoms with Gasteiger partial charge in [-0.2, -0.15) is 13.2 Å². The molecule has 0 atom stereocenters. The van der Waals surface area contributed by atoms with E-state index in [2.05, 4.69) is 9.98 Å². The topological polar surface area (TPSA) is 71.5 Å². The standard InChI is InChI=1S/C12H16N2O.C7H6F3N/c1-3-5-11(14-4-2)10-8-9(13)6-7-12(10)15;1-5-6(7(8,9)10)3-2-4-11-5/h3,5-8,15H,4,13H2,1-2H3;2-4H,1H3/b5-3-,14-11?;. The van der Waals surface area contributed by atoms with Crippen molar-refractivity contribution in [3.8, 4) is 5.75 Å². The minimum absolute atomic E-state index is 0.0139. The molecule has 1 heterocycles. The number of pyridine rings is 1. The number of rotatable bonds is 3.